The molecule has 2 aromatic heterocycles. The smallest absolute Gasteiger partial charge is 0.143 e. The summed E-state index contributed by atoms with van der Waals surface area (Å²) in [5.74, 6) is 1.63. The number of hydrogen-bond acceptors (Lipinski definition) is 3. The number of nitrogens with zero attached hydrogens (tertiary/aromatic N) is 2. The highest BCUT2D eigenvalue weighted by Crippen LogP contribution is 2.34. The zero-order chi connectivity index (χ0) is 14.4. The Morgan fingerprint density at radius 1 is 1.19 bits per heavy atom. The number of aromatic amines is 2. The SMILES string of the molecule is COc1cccc(I)c1-c1nc2cc3cn[nH]c3cc2[nH]1. The molecule has 0 radical (unpaired) electrons. The van der Waals surface area contributed by atoms with Crippen LogP contribution in [0.25, 0.3) is 33.3 Å². The first-order valence-corrected chi connectivity index (χ1v) is 7.50. The van der Waals surface area contributed by atoms with Crippen LogP contribution in [0.2, 0.25) is 0 Å². The van der Waals surface area contributed by atoms with Gasteiger partial charge in [-0.1, -0.05) is 6.07 Å². The van der Waals surface area contributed by atoms with Gasteiger partial charge in [0.15, 0.2) is 0 Å². The number of H-pyrrole nitrogens is 2. The van der Waals surface area contributed by atoms with Crippen LogP contribution in [0.15, 0.2) is 36.5 Å². The van der Waals surface area contributed by atoms with E-state index in [-0.39, 0.29) is 0 Å². The standard InChI is InChI=1S/C15H11IN4O/c1-21-13-4-2-3-9(16)14(13)15-18-11-5-8-7-17-20-10(8)6-12(11)19-15/h2-7H,1H3,(H,17,20)(H,18,19). The third kappa shape index (κ3) is 1.98. The summed E-state index contributed by atoms with van der Waals surface area (Å²) in [5, 5.41) is 8.06. The third-order valence-corrected chi connectivity index (χ3v) is 4.37. The molecule has 2 heterocycles. The van der Waals surface area contributed by atoms with Gasteiger partial charge in [0.1, 0.15) is 11.6 Å². The minimum absolute atomic E-state index is 0.812. The number of fused-ring (bicyclic) bond motifs is 2. The van der Waals surface area contributed by atoms with E-state index in [9.17, 15) is 0 Å². The molecule has 0 aliphatic rings. The number of rotatable bonds is 2. The normalized spacial score (nSPS) is 11.3. The Morgan fingerprint density at radius 3 is 2.95 bits per heavy atom. The first-order valence-electron chi connectivity index (χ1n) is 6.42. The van der Waals surface area contributed by atoms with E-state index >= 15 is 0 Å². The molecule has 0 fully saturated rings. The maximum atomic E-state index is 5.46. The molecule has 21 heavy (non-hydrogen) atoms. The zero-order valence-corrected chi connectivity index (χ0v) is 13.3. The van der Waals surface area contributed by atoms with Crippen molar-refractivity contribution in [2.75, 3.05) is 7.11 Å². The van der Waals surface area contributed by atoms with Gasteiger partial charge < -0.3 is 9.72 Å². The Bertz CT molecular complexity index is 909. The van der Waals surface area contributed by atoms with Gasteiger partial charge in [0.25, 0.3) is 0 Å². The molecule has 0 unspecified atom stereocenters. The van der Waals surface area contributed by atoms with Gasteiger partial charge in [0, 0.05) is 8.96 Å². The van der Waals surface area contributed by atoms with Crippen LogP contribution in [0.1, 0.15) is 0 Å². The average molecular weight is 390 g/mol. The quantitative estimate of drug-likeness (QED) is 0.513. The fourth-order valence-corrected chi connectivity index (χ4v) is 3.20. The maximum Gasteiger partial charge on any atom is 0.143 e. The fourth-order valence-electron chi connectivity index (χ4n) is 2.47. The van der Waals surface area contributed by atoms with Crippen molar-refractivity contribution in [1.82, 2.24) is 20.2 Å². The topological polar surface area (TPSA) is 66.6 Å². The number of halogens is 1. The van der Waals surface area contributed by atoms with Crippen LogP contribution in [0, 0.1) is 3.57 Å². The minimum atomic E-state index is 0.812. The summed E-state index contributed by atoms with van der Waals surface area (Å²) in [6, 6.07) is 10.0. The molecule has 0 saturated carbocycles. The van der Waals surface area contributed by atoms with Gasteiger partial charge in [-0.3, -0.25) is 5.10 Å². The Hall–Kier alpha value is -2.09. The number of hydrogen-bond donors (Lipinski definition) is 2. The lowest BCUT2D eigenvalue weighted by Crippen LogP contribution is -1.91. The molecular formula is C15H11IN4O. The van der Waals surface area contributed by atoms with Crippen molar-refractivity contribution in [3.8, 4) is 17.1 Å². The lowest BCUT2D eigenvalue weighted by molar-refractivity contribution is 0.416. The summed E-state index contributed by atoms with van der Waals surface area (Å²) >= 11 is 2.30. The van der Waals surface area contributed by atoms with Gasteiger partial charge in [-0.2, -0.15) is 5.10 Å². The van der Waals surface area contributed by atoms with Crippen molar-refractivity contribution in [2.24, 2.45) is 0 Å². The van der Waals surface area contributed by atoms with Gasteiger partial charge in [-0.15, -0.1) is 0 Å². The molecule has 0 saturated heterocycles. The zero-order valence-electron chi connectivity index (χ0n) is 11.1. The summed E-state index contributed by atoms with van der Waals surface area (Å²) in [4.78, 5) is 8.07. The van der Waals surface area contributed by atoms with Gasteiger partial charge in [0.05, 0.1) is 35.4 Å². The summed E-state index contributed by atoms with van der Waals surface area (Å²) in [6.45, 7) is 0. The van der Waals surface area contributed by atoms with Gasteiger partial charge in [0.2, 0.25) is 0 Å². The minimum Gasteiger partial charge on any atom is -0.496 e. The third-order valence-electron chi connectivity index (χ3n) is 3.47. The van der Waals surface area contributed by atoms with Gasteiger partial charge >= 0.3 is 0 Å². The van der Waals surface area contributed by atoms with Crippen molar-refractivity contribution in [1.29, 1.82) is 0 Å². The highest BCUT2D eigenvalue weighted by Gasteiger charge is 2.14. The van der Waals surface area contributed by atoms with Gasteiger partial charge in [-0.25, -0.2) is 4.98 Å². The molecule has 0 aliphatic carbocycles. The van der Waals surface area contributed by atoms with E-state index in [1.54, 1.807) is 13.3 Å². The van der Waals surface area contributed by atoms with Crippen LogP contribution >= 0.6 is 22.6 Å². The Labute approximate surface area is 133 Å². The summed E-state index contributed by atoms with van der Waals surface area (Å²) < 4.78 is 6.55. The van der Waals surface area contributed by atoms with Crippen LogP contribution in [0.5, 0.6) is 5.75 Å². The van der Waals surface area contributed by atoms with Crippen molar-refractivity contribution in [3.63, 3.8) is 0 Å². The van der Waals surface area contributed by atoms with E-state index < -0.39 is 0 Å². The van der Waals surface area contributed by atoms with E-state index in [2.05, 4.69) is 37.8 Å². The molecule has 6 heteroatoms. The molecule has 0 atom stereocenters. The maximum absolute atomic E-state index is 5.46. The number of ether oxygens (including phenoxy) is 1. The first kappa shape index (κ1) is 12.6. The second-order valence-electron chi connectivity index (χ2n) is 4.73. The summed E-state index contributed by atoms with van der Waals surface area (Å²) in [5.41, 5.74) is 3.87. The molecule has 0 amide bonds. The van der Waals surface area contributed by atoms with E-state index in [0.717, 1.165) is 42.6 Å². The molecule has 2 aromatic carbocycles. The van der Waals surface area contributed by atoms with Crippen LogP contribution in [0.3, 0.4) is 0 Å². The second kappa shape index (κ2) is 4.73. The number of imidazole rings is 1. The van der Waals surface area contributed by atoms with Crippen LogP contribution in [-0.4, -0.2) is 27.3 Å². The second-order valence-corrected chi connectivity index (χ2v) is 5.89. The van der Waals surface area contributed by atoms with E-state index in [1.807, 2.05) is 30.3 Å². The highest BCUT2D eigenvalue weighted by atomic mass is 127. The van der Waals surface area contributed by atoms with Crippen LogP contribution in [0.4, 0.5) is 0 Å². The van der Waals surface area contributed by atoms with E-state index in [0.29, 0.717) is 0 Å². The molecular weight excluding hydrogens is 379 g/mol. The predicted molar refractivity (Wildman–Crippen MR) is 90.5 cm³/mol. The lowest BCUT2D eigenvalue weighted by Gasteiger charge is -2.07. The van der Waals surface area contributed by atoms with Crippen LogP contribution in [-0.2, 0) is 0 Å². The Morgan fingerprint density at radius 2 is 2.10 bits per heavy atom. The van der Waals surface area contributed by atoms with E-state index in [4.69, 9.17) is 9.72 Å². The summed E-state index contributed by atoms with van der Waals surface area (Å²) in [6.07, 6.45) is 1.80. The van der Waals surface area contributed by atoms with Crippen molar-refractivity contribution in [3.05, 3.63) is 40.1 Å². The van der Waals surface area contributed by atoms with Gasteiger partial charge in [-0.05, 0) is 46.9 Å². The first-order chi connectivity index (χ1) is 10.3. The van der Waals surface area contributed by atoms with Crippen molar-refractivity contribution >= 4 is 44.5 Å². The fraction of sp³-hybridized carbons (Fsp3) is 0.0667. The monoisotopic (exact) mass is 390 g/mol. The van der Waals surface area contributed by atoms with Crippen molar-refractivity contribution in [2.45, 2.75) is 0 Å². The molecule has 2 N–H and O–H groups in total. The molecule has 0 bridgehead atoms. The number of methoxy groups -OCH3 is 1. The lowest BCUT2D eigenvalue weighted by atomic mass is 10.2. The molecule has 5 nitrogen and oxygen atoms in total. The largest absolute Gasteiger partial charge is 0.496 e. The highest BCUT2D eigenvalue weighted by molar-refractivity contribution is 14.1. The Kier molecular flexibility index (Phi) is 2.85. The summed E-state index contributed by atoms with van der Waals surface area (Å²) in [7, 11) is 1.67. The molecule has 4 aromatic rings. The predicted octanol–water partition coefficient (Wildman–Crippen LogP) is 3.72. The van der Waals surface area contributed by atoms with Crippen molar-refractivity contribution < 1.29 is 4.74 Å². The van der Waals surface area contributed by atoms with E-state index in [1.165, 1.54) is 0 Å². The molecule has 4 rings (SSSR count). The molecule has 104 valence electrons. The average Bonchev–Trinajstić information content (AvgIpc) is 3.09. The number of benzene rings is 2. The molecule has 0 aliphatic heterocycles. The number of nitrogens with one attached hydrogen (secondary N) is 2. The van der Waals surface area contributed by atoms with Crippen LogP contribution < -0.4 is 4.74 Å². The molecule has 0 spiro atoms. The Balaban J connectivity index is 1.98. The number of aromatic nitrogens is 4.